The first-order valence-corrected chi connectivity index (χ1v) is 8.49. The van der Waals surface area contributed by atoms with Gasteiger partial charge in [-0.1, -0.05) is 12.1 Å². The Balaban J connectivity index is 0.00000312. The highest BCUT2D eigenvalue weighted by Gasteiger charge is 2.00. The van der Waals surface area contributed by atoms with Crippen LogP contribution in [0.15, 0.2) is 52.1 Å². The standard InChI is InChI=1S/C19H27N3O2.HI/c1-3-20-19(22-14-12-18-7-5-15-24-18)21-13-4-6-16-8-10-17(23-2)11-9-16;/h5,7-11,15H,3-4,6,12-14H2,1-2H3,(H2,20,21,22);1H. The van der Waals surface area contributed by atoms with E-state index in [1.807, 2.05) is 24.3 Å². The number of aryl methyl sites for hydroxylation is 1. The van der Waals surface area contributed by atoms with Gasteiger partial charge in [-0.15, -0.1) is 24.0 Å². The van der Waals surface area contributed by atoms with Crippen molar-refractivity contribution in [2.75, 3.05) is 26.7 Å². The Hall–Kier alpha value is -1.70. The molecule has 0 unspecified atom stereocenters. The second-order valence-electron chi connectivity index (χ2n) is 5.47. The molecule has 0 saturated heterocycles. The highest BCUT2D eigenvalue weighted by molar-refractivity contribution is 14.0. The van der Waals surface area contributed by atoms with E-state index in [0.717, 1.165) is 56.4 Å². The monoisotopic (exact) mass is 457 g/mol. The molecule has 2 rings (SSSR count). The maximum Gasteiger partial charge on any atom is 0.191 e. The summed E-state index contributed by atoms with van der Waals surface area (Å²) in [6.45, 7) is 4.52. The van der Waals surface area contributed by atoms with Crippen molar-refractivity contribution in [1.82, 2.24) is 10.6 Å². The fourth-order valence-corrected chi connectivity index (χ4v) is 2.37. The fourth-order valence-electron chi connectivity index (χ4n) is 2.37. The molecule has 2 aromatic rings. The van der Waals surface area contributed by atoms with Crippen molar-refractivity contribution in [3.8, 4) is 5.75 Å². The molecular weight excluding hydrogens is 429 g/mol. The Bertz CT molecular complexity index is 598. The average molecular weight is 457 g/mol. The molecule has 0 atom stereocenters. The van der Waals surface area contributed by atoms with Crippen molar-refractivity contribution >= 4 is 29.9 Å². The number of hydrogen-bond donors (Lipinski definition) is 2. The summed E-state index contributed by atoms with van der Waals surface area (Å²) in [5.41, 5.74) is 1.31. The summed E-state index contributed by atoms with van der Waals surface area (Å²) in [5, 5.41) is 6.60. The molecule has 1 aromatic heterocycles. The molecule has 0 radical (unpaired) electrons. The lowest BCUT2D eigenvalue weighted by molar-refractivity contribution is 0.414. The molecule has 0 aliphatic rings. The molecule has 25 heavy (non-hydrogen) atoms. The molecule has 5 nitrogen and oxygen atoms in total. The van der Waals surface area contributed by atoms with E-state index in [0.29, 0.717) is 0 Å². The number of nitrogens with zero attached hydrogens (tertiary/aromatic N) is 1. The minimum absolute atomic E-state index is 0. The average Bonchev–Trinajstić information content (AvgIpc) is 3.12. The number of benzene rings is 1. The Morgan fingerprint density at radius 1 is 1.12 bits per heavy atom. The summed E-state index contributed by atoms with van der Waals surface area (Å²) >= 11 is 0. The van der Waals surface area contributed by atoms with Gasteiger partial charge in [-0.2, -0.15) is 0 Å². The van der Waals surface area contributed by atoms with Gasteiger partial charge in [-0.05, 0) is 49.6 Å². The van der Waals surface area contributed by atoms with Crippen LogP contribution in [0.3, 0.4) is 0 Å². The molecule has 0 spiro atoms. The molecule has 1 heterocycles. The van der Waals surface area contributed by atoms with E-state index >= 15 is 0 Å². The topological polar surface area (TPSA) is 58.8 Å². The van der Waals surface area contributed by atoms with Crippen LogP contribution in [0.4, 0.5) is 0 Å². The molecular formula is C19H28IN3O2. The number of ether oxygens (including phenoxy) is 1. The summed E-state index contributed by atoms with van der Waals surface area (Å²) in [6.07, 6.45) is 4.58. The van der Waals surface area contributed by atoms with E-state index in [1.54, 1.807) is 13.4 Å². The molecule has 0 fully saturated rings. The first kappa shape index (κ1) is 21.3. The van der Waals surface area contributed by atoms with E-state index in [9.17, 15) is 0 Å². The number of furan rings is 1. The van der Waals surface area contributed by atoms with Gasteiger partial charge in [0.2, 0.25) is 0 Å². The van der Waals surface area contributed by atoms with Gasteiger partial charge in [0, 0.05) is 26.1 Å². The van der Waals surface area contributed by atoms with Crippen LogP contribution in [0, 0.1) is 0 Å². The first-order chi connectivity index (χ1) is 11.8. The number of aliphatic imine (C=N–C) groups is 1. The quantitative estimate of drug-likeness (QED) is 0.261. The van der Waals surface area contributed by atoms with Crippen LogP contribution in [0.1, 0.15) is 24.7 Å². The Kier molecular flexibility index (Phi) is 10.8. The third-order valence-electron chi connectivity index (χ3n) is 3.64. The van der Waals surface area contributed by atoms with Crippen molar-refractivity contribution in [2.24, 2.45) is 4.99 Å². The predicted octanol–water partition coefficient (Wildman–Crippen LogP) is 3.64. The second kappa shape index (κ2) is 12.6. The number of nitrogens with one attached hydrogen (secondary N) is 2. The molecule has 2 N–H and O–H groups in total. The maximum atomic E-state index is 5.33. The van der Waals surface area contributed by atoms with Gasteiger partial charge in [-0.25, -0.2) is 0 Å². The van der Waals surface area contributed by atoms with Crippen LogP contribution in [0.5, 0.6) is 5.75 Å². The Morgan fingerprint density at radius 3 is 2.56 bits per heavy atom. The summed E-state index contributed by atoms with van der Waals surface area (Å²) in [7, 11) is 1.69. The van der Waals surface area contributed by atoms with Crippen molar-refractivity contribution in [1.29, 1.82) is 0 Å². The molecule has 0 aliphatic heterocycles. The first-order valence-electron chi connectivity index (χ1n) is 8.49. The maximum absolute atomic E-state index is 5.33. The van der Waals surface area contributed by atoms with E-state index in [1.165, 1.54) is 5.56 Å². The molecule has 0 aliphatic carbocycles. The van der Waals surface area contributed by atoms with Crippen LogP contribution in [-0.4, -0.2) is 32.7 Å². The van der Waals surface area contributed by atoms with Crippen molar-refractivity contribution < 1.29 is 9.15 Å². The van der Waals surface area contributed by atoms with Gasteiger partial charge < -0.3 is 19.8 Å². The lowest BCUT2D eigenvalue weighted by atomic mass is 10.1. The molecule has 1 aromatic carbocycles. The normalized spacial score (nSPS) is 10.9. The molecule has 6 heteroatoms. The number of halogens is 1. The second-order valence-corrected chi connectivity index (χ2v) is 5.47. The van der Waals surface area contributed by atoms with Crippen LogP contribution >= 0.6 is 24.0 Å². The van der Waals surface area contributed by atoms with Gasteiger partial charge >= 0.3 is 0 Å². The predicted molar refractivity (Wildman–Crippen MR) is 113 cm³/mol. The third kappa shape index (κ3) is 8.29. The van der Waals surface area contributed by atoms with E-state index in [-0.39, 0.29) is 24.0 Å². The van der Waals surface area contributed by atoms with E-state index < -0.39 is 0 Å². The van der Waals surface area contributed by atoms with Gasteiger partial charge in [0.05, 0.1) is 13.4 Å². The molecule has 138 valence electrons. The van der Waals surface area contributed by atoms with Crippen molar-refractivity contribution in [3.63, 3.8) is 0 Å². The highest BCUT2D eigenvalue weighted by Crippen LogP contribution is 2.12. The lowest BCUT2D eigenvalue weighted by Crippen LogP contribution is -2.38. The van der Waals surface area contributed by atoms with E-state index in [2.05, 4.69) is 34.7 Å². The van der Waals surface area contributed by atoms with Gasteiger partial charge in [-0.3, -0.25) is 4.99 Å². The fraction of sp³-hybridized carbons (Fsp3) is 0.421. The lowest BCUT2D eigenvalue weighted by Gasteiger charge is -2.10. The van der Waals surface area contributed by atoms with Gasteiger partial charge in [0.15, 0.2) is 5.96 Å². The van der Waals surface area contributed by atoms with E-state index in [4.69, 9.17) is 9.15 Å². The zero-order valence-electron chi connectivity index (χ0n) is 15.0. The Labute approximate surface area is 167 Å². The third-order valence-corrected chi connectivity index (χ3v) is 3.64. The summed E-state index contributed by atoms with van der Waals surface area (Å²) in [6, 6.07) is 12.1. The smallest absolute Gasteiger partial charge is 0.191 e. The zero-order valence-corrected chi connectivity index (χ0v) is 17.3. The summed E-state index contributed by atoms with van der Waals surface area (Å²) in [4.78, 5) is 4.62. The molecule has 0 amide bonds. The van der Waals surface area contributed by atoms with Crippen LogP contribution in [-0.2, 0) is 12.8 Å². The van der Waals surface area contributed by atoms with Crippen molar-refractivity contribution in [2.45, 2.75) is 26.2 Å². The van der Waals surface area contributed by atoms with Gasteiger partial charge in [0.1, 0.15) is 11.5 Å². The summed E-state index contributed by atoms with van der Waals surface area (Å²) in [5.74, 6) is 2.74. The SMILES string of the molecule is CCNC(=NCCCc1ccc(OC)cc1)NCCc1ccco1.I. The van der Waals surface area contributed by atoms with Gasteiger partial charge in [0.25, 0.3) is 0 Å². The van der Waals surface area contributed by atoms with Crippen LogP contribution < -0.4 is 15.4 Å². The molecule has 0 saturated carbocycles. The van der Waals surface area contributed by atoms with Crippen LogP contribution in [0.2, 0.25) is 0 Å². The number of guanidine groups is 1. The van der Waals surface area contributed by atoms with Crippen LogP contribution in [0.25, 0.3) is 0 Å². The minimum Gasteiger partial charge on any atom is -0.497 e. The minimum atomic E-state index is 0. The highest BCUT2D eigenvalue weighted by atomic mass is 127. The zero-order chi connectivity index (χ0) is 17.0. The number of rotatable bonds is 9. The largest absolute Gasteiger partial charge is 0.497 e. The summed E-state index contributed by atoms with van der Waals surface area (Å²) < 4.78 is 10.5. The number of methoxy groups -OCH3 is 1. The Morgan fingerprint density at radius 2 is 1.92 bits per heavy atom. The molecule has 0 bridgehead atoms. The number of hydrogen-bond acceptors (Lipinski definition) is 3. The van der Waals surface area contributed by atoms with Crippen molar-refractivity contribution in [3.05, 3.63) is 54.0 Å².